The van der Waals surface area contributed by atoms with E-state index in [9.17, 15) is 0 Å². The van der Waals surface area contributed by atoms with E-state index in [1.165, 1.54) is 5.82 Å². The first-order chi connectivity index (χ1) is 5.40. The molecular weight excluding hydrogens is 204 g/mol. The third kappa shape index (κ3) is 1.29. The van der Waals surface area contributed by atoms with Crippen molar-refractivity contribution >= 4 is 15.9 Å². The van der Waals surface area contributed by atoms with E-state index in [1.807, 2.05) is 0 Å². The molecule has 0 aliphatic carbocycles. The minimum Gasteiger partial charge on any atom is -0.366 e. The Morgan fingerprint density at radius 1 is 1.73 bits per heavy atom. The first-order valence-electron chi connectivity index (χ1n) is 3.84. The third-order valence-corrected chi connectivity index (χ3v) is 2.82. The summed E-state index contributed by atoms with van der Waals surface area (Å²) in [5.74, 6) is 1.27. The Morgan fingerprint density at radius 3 is 3.36 bits per heavy atom. The van der Waals surface area contributed by atoms with Crippen LogP contribution in [0.15, 0.2) is 24.0 Å². The zero-order valence-corrected chi connectivity index (χ0v) is 7.84. The highest BCUT2D eigenvalue weighted by Crippen LogP contribution is 2.15. The maximum atomic E-state index is 3.47. The highest BCUT2D eigenvalue weighted by atomic mass is 79.9. The summed E-state index contributed by atoms with van der Waals surface area (Å²) in [5.41, 5.74) is 0. The van der Waals surface area contributed by atoms with Gasteiger partial charge in [0.15, 0.2) is 0 Å². The standard InChI is InChI=1S/C8H11BrN2/c9-5-7-6-11-4-2-1-3-8(11)10-7/h1-3,7,10H,4-6H2. The SMILES string of the molecule is BrCC1CN2CC=CC=C2N1. The average Bonchev–Trinajstić information content (AvgIpc) is 2.46. The molecule has 1 N–H and O–H groups in total. The number of alkyl halides is 1. The van der Waals surface area contributed by atoms with E-state index in [0.29, 0.717) is 6.04 Å². The lowest BCUT2D eigenvalue weighted by molar-refractivity contribution is 0.424. The van der Waals surface area contributed by atoms with Gasteiger partial charge in [-0.3, -0.25) is 0 Å². The molecular formula is C8H11BrN2. The summed E-state index contributed by atoms with van der Waals surface area (Å²) < 4.78 is 0. The van der Waals surface area contributed by atoms with Crippen molar-refractivity contribution in [1.29, 1.82) is 0 Å². The molecule has 0 saturated carbocycles. The summed E-state index contributed by atoms with van der Waals surface area (Å²) in [6.45, 7) is 2.18. The fourth-order valence-electron chi connectivity index (χ4n) is 1.47. The van der Waals surface area contributed by atoms with Gasteiger partial charge in [-0.15, -0.1) is 0 Å². The van der Waals surface area contributed by atoms with Gasteiger partial charge in [-0.1, -0.05) is 28.1 Å². The quantitative estimate of drug-likeness (QED) is 0.658. The van der Waals surface area contributed by atoms with Crippen LogP contribution in [0.1, 0.15) is 0 Å². The molecule has 2 rings (SSSR count). The van der Waals surface area contributed by atoms with Gasteiger partial charge in [0.25, 0.3) is 0 Å². The van der Waals surface area contributed by atoms with E-state index < -0.39 is 0 Å². The maximum absolute atomic E-state index is 3.47. The zero-order valence-electron chi connectivity index (χ0n) is 6.26. The second kappa shape index (κ2) is 2.89. The van der Waals surface area contributed by atoms with Crippen molar-refractivity contribution in [2.45, 2.75) is 6.04 Å². The summed E-state index contributed by atoms with van der Waals surface area (Å²) in [7, 11) is 0. The molecule has 60 valence electrons. The van der Waals surface area contributed by atoms with Crippen LogP contribution in [0.3, 0.4) is 0 Å². The Labute approximate surface area is 75.1 Å². The van der Waals surface area contributed by atoms with Gasteiger partial charge < -0.3 is 10.2 Å². The van der Waals surface area contributed by atoms with E-state index >= 15 is 0 Å². The van der Waals surface area contributed by atoms with Gasteiger partial charge >= 0.3 is 0 Å². The minimum atomic E-state index is 0.584. The fraction of sp³-hybridized carbons (Fsp3) is 0.500. The van der Waals surface area contributed by atoms with E-state index in [2.05, 4.69) is 44.4 Å². The highest BCUT2D eigenvalue weighted by Gasteiger charge is 2.24. The number of allylic oxidation sites excluding steroid dienone is 2. The monoisotopic (exact) mass is 214 g/mol. The van der Waals surface area contributed by atoms with E-state index in [1.54, 1.807) is 0 Å². The van der Waals surface area contributed by atoms with Crippen LogP contribution in [0, 0.1) is 0 Å². The first kappa shape index (κ1) is 7.22. The molecule has 2 heterocycles. The molecule has 2 aliphatic heterocycles. The summed E-state index contributed by atoms with van der Waals surface area (Å²) in [6, 6.07) is 0.584. The van der Waals surface area contributed by atoms with Crippen molar-refractivity contribution < 1.29 is 0 Å². The number of hydrogen-bond donors (Lipinski definition) is 1. The molecule has 0 aromatic rings. The molecule has 2 nitrogen and oxygen atoms in total. The van der Waals surface area contributed by atoms with Crippen LogP contribution in [-0.2, 0) is 0 Å². The summed E-state index contributed by atoms with van der Waals surface area (Å²) in [4.78, 5) is 2.35. The van der Waals surface area contributed by atoms with Gasteiger partial charge in [-0.2, -0.15) is 0 Å². The highest BCUT2D eigenvalue weighted by molar-refractivity contribution is 9.09. The predicted molar refractivity (Wildman–Crippen MR) is 49.5 cm³/mol. The minimum absolute atomic E-state index is 0.584. The van der Waals surface area contributed by atoms with Crippen molar-refractivity contribution in [3.05, 3.63) is 24.0 Å². The third-order valence-electron chi connectivity index (χ3n) is 2.04. The molecule has 3 heteroatoms. The lowest BCUT2D eigenvalue weighted by atomic mass is 10.3. The molecule has 1 fully saturated rings. The predicted octanol–water partition coefficient (Wildman–Crippen LogP) is 1.07. The lowest BCUT2D eigenvalue weighted by Crippen LogP contribution is -2.24. The first-order valence-corrected chi connectivity index (χ1v) is 4.96. The van der Waals surface area contributed by atoms with E-state index in [4.69, 9.17) is 0 Å². The van der Waals surface area contributed by atoms with E-state index in [-0.39, 0.29) is 0 Å². The Hall–Kier alpha value is -0.440. The molecule has 0 bridgehead atoms. The van der Waals surface area contributed by atoms with Gasteiger partial charge in [-0.25, -0.2) is 0 Å². The van der Waals surface area contributed by atoms with Crippen LogP contribution in [-0.4, -0.2) is 29.4 Å². The molecule has 1 saturated heterocycles. The van der Waals surface area contributed by atoms with Gasteiger partial charge in [-0.05, 0) is 6.08 Å². The second-order valence-electron chi connectivity index (χ2n) is 2.88. The Morgan fingerprint density at radius 2 is 2.64 bits per heavy atom. The smallest absolute Gasteiger partial charge is 0.102 e. The van der Waals surface area contributed by atoms with Crippen molar-refractivity contribution in [1.82, 2.24) is 10.2 Å². The van der Waals surface area contributed by atoms with Crippen molar-refractivity contribution in [2.24, 2.45) is 0 Å². The number of hydrogen-bond acceptors (Lipinski definition) is 2. The maximum Gasteiger partial charge on any atom is 0.102 e. The van der Waals surface area contributed by atoms with Gasteiger partial charge in [0.1, 0.15) is 5.82 Å². The Bertz CT molecular complexity index is 210. The lowest BCUT2D eigenvalue weighted by Gasteiger charge is -2.18. The molecule has 0 aromatic carbocycles. The van der Waals surface area contributed by atoms with E-state index in [0.717, 1.165) is 18.4 Å². The second-order valence-corrected chi connectivity index (χ2v) is 3.53. The Balaban J connectivity index is 2.09. The van der Waals surface area contributed by atoms with Crippen LogP contribution in [0.4, 0.5) is 0 Å². The van der Waals surface area contributed by atoms with Gasteiger partial charge in [0.2, 0.25) is 0 Å². The van der Waals surface area contributed by atoms with Crippen LogP contribution >= 0.6 is 15.9 Å². The number of nitrogens with zero attached hydrogens (tertiary/aromatic N) is 1. The van der Waals surface area contributed by atoms with Crippen molar-refractivity contribution in [3.8, 4) is 0 Å². The number of nitrogens with one attached hydrogen (secondary N) is 1. The van der Waals surface area contributed by atoms with Crippen LogP contribution in [0.5, 0.6) is 0 Å². The summed E-state index contributed by atoms with van der Waals surface area (Å²) in [6.07, 6.45) is 6.42. The molecule has 1 unspecified atom stereocenters. The van der Waals surface area contributed by atoms with Crippen LogP contribution < -0.4 is 5.32 Å². The largest absolute Gasteiger partial charge is 0.366 e. The van der Waals surface area contributed by atoms with Crippen LogP contribution in [0.2, 0.25) is 0 Å². The molecule has 1 atom stereocenters. The fourth-order valence-corrected chi connectivity index (χ4v) is 1.84. The number of rotatable bonds is 1. The van der Waals surface area contributed by atoms with Crippen LogP contribution in [0.25, 0.3) is 0 Å². The normalized spacial score (nSPS) is 27.9. The zero-order chi connectivity index (χ0) is 7.68. The molecule has 0 aromatic heterocycles. The Kier molecular flexibility index (Phi) is 1.90. The van der Waals surface area contributed by atoms with Gasteiger partial charge in [0.05, 0.1) is 6.04 Å². The number of halogens is 1. The average molecular weight is 215 g/mol. The number of fused-ring (bicyclic) bond motifs is 1. The molecule has 11 heavy (non-hydrogen) atoms. The molecule has 0 amide bonds. The van der Waals surface area contributed by atoms with Crippen molar-refractivity contribution in [3.63, 3.8) is 0 Å². The summed E-state index contributed by atoms with van der Waals surface area (Å²) in [5, 5.41) is 4.46. The summed E-state index contributed by atoms with van der Waals surface area (Å²) >= 11 is 3.47. The van der Waals surface area contributed by atoms with Gasteiger partial charge in [0, 0.05) is 18.4 Å². The van der Waals surface area contributed by atoms with Crippen molar-refractivity contribution in [2.75, 3.05) is 18.4 Å². The molecule has 0 radical (unpaired) electrons. The molecule has 2 aliphatic rings. The topological polar surface area (TPSA) is 15.3 Å². The molecule has 0 spiro atoms.